The number of carbonyl (C=O) groups excluding carboxylic acids is 8. The van der Waals surface area contributed by atoms with E-state index in [4.69, 9.17) is 85.6 Å². The third kappa shape index (κ3) is 45.4. The van der Waals surface area contributed by atoms with E-state index in [1.807, 2.05) is 39.0 Å². The van der Waals surface area contributed by atoms with E-state index in [-0.39, 0.29) is 144 Å². The quantitative estimate of drug-likeness (QED) is 0.0151. The van der Waals surface area contributed by atoms with E-state index in [0.29, 0.717) is 168 Å². The molecular weight excluding hydrogens is 1990 g/mol. The Kier molecular flexibility index (Phi) is 61.1. The Hall–Kier alpha value is -9.84. The summed E-state index contributed by atoms with van der Waals surface area (Å²) < 4.78 is 96.9. The number of amides is 5. The molecule has 17 atom stereocenters. The third-order valence-electron chi connectivity index (χ3n) is 25.6. The van der Waals surface area contributed by atoms with Crippen LogP contribution in [0.15, 0.2) is 79.0 Å². The number of methoxy groups -OCH3 is 2. The molecule has 2 aliphatic rings. The van der Waals surface area contributed by atoms with Crippen LogP contribution in [-0.4, -0.2) is 425 Å². The SMILES string of the molecule is CC[C@@H](C)[C@H]([C@H](CC(=O)N1CCCC1[C@@H](OC)[C@H](C)C(=O)C[C@@H](C)[C@H](O)c1ccccc1)OC)N(C)C(=O)[C@H](NC(=O)[C@@H](C(C)C)N(C)C(=O)OC(Cc1cn(CCN(CC(=O)CCCOCCOCCOCCOCCOCCOCCOCCOCCOCCOCCOCCOCCC(=O)O)C(=O)Cc2ccc(CC(=O)CC(SC)C(=O)O)cc2)nn1)c1ccc(OC2OC(C(=O)O)C(O)C(O)C2O)c([N+](=O)[O-])c1)C(C)C. The number of aliphatic hydroxyl groups excluding tert-OH is 4. The average Bonchev–Trinajstić information content (AvgIpc) is 1.08. The number of Topliss-reactive ketones (excluding diaryl/α,β-unsaturated/α-hetero) is 3. The van der Waals surface area contributed by atoms with Gasteiger partial charge in [0.25, 0.3) is 0 Å². The van der Waals surface area contributed by atoms with Gasteiger partial charge in [0.1, 0.15) is 53.3 Å². The van der Waals surface area contributed by atoms with Crippen molar-refractivity contribution in [1.82, 2.24) is 39.9 Å². The first-order valence-electron chi connectivity index (χ1n) is 51.0. The summed E-state index contributed by atoms with van der Waals surface area (Å²) in [6.45, 7) is 22.2. The largest absolute Gasteiger partial charge is 0.481 e. The van der Waals surface area contributed by atoms with Crippen LogP contribution in [-0.2, 0) is 150 Å². The Morgan fingerprint density at radius 3 is 1.61 bits per heavy atom. The number of aliphatic hydroxyl groups is 4. The molecule has 0 aliphatic carbocycles. The number of likely N-dealkylation sites (tertiary alicyclic amines) is 1. The molecule has 8 unspecified atom stereocenters. The van der Waals surface area contributed by atoms with Gasteiger partial charge in [-0.25, -0.2) is 9.59 Å². The summed E-state index contributed by atoms with van der Waals surface area (Å²) in [5.41, 5.74) is 0.892. The lowest BCUT2D eigenvalue weighted by Crippen LogP contribution is -2.61. The maximum atomic E-state index is 15.3. The van der Waals surface area contributed by atoms with Gasteiger partial charge < -0.3 is 136 Å². The van der Waals surface area contributed by atoms with Crippen LogP contribution in [0.5, 0.6) is 5.75 Å². The van der Waals surface area contributed by atoms with E-state index in [2.05, 4.69) is 15.6 Å². The number of aliphatic carboxylic acids is 3. The van der Waals surface area contributed by atoms with Crippen LogP contribution in [0, 0.1) is 39.7 Å². The molecule has 0 radical (unpaired) electrons. The number of nitrogens with one attached hydrogen (secondary N) is 1. The number of ketones is 3. The summed E-state index contributed by atoms with van der Waals surface area (Å²) in [4.78, 5) is 168. The minimum absolute atomic E-state index is 0.00737. The molecule has 47 heteroatoms. The first-order chi connectivity index (χ1) is 71.9. The van der Waals surface area contributed by atoms with Gasteiger partial charge in [-0.05, 0) is 77.5 Å². The van der Waals surface area contributed by atoms with Crippen LogP contribution in [0.2, 0.25) is 0 Å². The second-order valence-electron chi connectivity index (χ2n) is 37.4. The zero-order valence-electron chi connectivity index (χ0n) is 88.6. The Morgan fingerprint density at radius 1 is 0.607 bits per heavy atom. The van der Waals surface area contributed by atoms with Crippen molar-refractivity contribution in [2.45, 2.75) is 224 Å². The van der Waals surface area contributed by atoms with Crippen molar-refractivity contribution >= 4 is 82.4 Å². The molecule has 0 saturated carbocycles. The number of hydrogen-bond donors (Lipinski definition) is 8. The lowest BCUT2D eigenvalue weighted by atomic mass is 9.85. The highest BCUT2D eigenvalue weighted by Gasteiger charge is 2.50. The highest BCUT2D eigenvalue weighted by molar-refractivity contribution is 7.99. The number of carbonyl (C=O) groups is 11. The van der Waals surface area contributed by atoms with Crippen molar-refractivity contribution in [1.29, 1.82) is 0 Å². The minimum atomic E-state index is -2.16. The molecule has 4 aromatic rings. The number of hydrogen-bond acceptors (Lipinski definition) is 37. The van der Waals surface area contributed by atoms with Crippen molar-refractivity contribution in [3.8, 4) is 5.75 Å². The number of carboxylic acid groups (broad SMARTS) is 3. The Balaban J connectivity index is 1.06. The van der Waals surface area contributed by atoms with E-state index in [1.165, 1.54) is 48.0 Å². The molecule has 46 nitrogen and oxygen atoms in total. The summed E-state index contributed by atoms with van der Waals surface area (Å²) in [6.07, 6.45) is -11.9. The molecule has 8 N–H and O–H groups in total. The van der Waals surface area contributed by atoms with Crippen molar-refractivity contribution in [2.24, 2.45) is 29.6 Å². The highest BCUT2D eigenvalue weighted by Crippen LogP contribution is 2.38. The van der Waals surface area contributed by atoms with Crippen LogP contribution in [0.1, 0.15) is 153 Å². The lowest BCUT2D eigenvalue weighted by molar-refractivity contribution is -0.387. The van der Waals surface area contributed by atoms with E-state index in [0.717, 1.165) is 28.8 Å². The molecule has 150 heavy (non-hydrogen) atoms. The Labute approximate surface area is 880 Å². The van der Waals surface area contributed by atoms with Gasteiger partial charge in [0.05, 0.1) is 225 Å². The van der Waals surface area contributed by atoms with Gasteiger partial charge in [0.2, 0.25) is 29.9 Å². The summed E-state index contributed by atoms with van der Waals surface area (Å²) in [5, 5.41) is 94.8. The smallest absolute Gasteiger partial charge is 0.410 e. The van der Waals surface area contributed by atoms with E-state index >= 15 is 14.4 Å². The standard InChI is InChI=1S/C103H159N9O37S/c1-14-69(6)91(84(133-11)64-87(117)111-31-18-23-79(111)96(134-12)71(8)81(115)58-70(7)92(120)74-20-16-15-17-21-74)107(9)99(125)89(67(2)3)104-98(124)90(68(4)5)108(10)103(130)148-83(75-28-29-82(80(61-75)112(131)132)147-102-95(123)93(121)94(122)97(149-102)101(128)129)62-76-65-110(106-105-76)33-32-109(86(116)60-73-26-24-72(25-27-73)59-78(114)63-85(150-13)100(126)127)66-77(113)22-19-34-135-36-38-137-40-42-139-44-46-141-48-50-143-52-54-145-56-57-146-55-53-144-51-49-142-47-45-140-43-41-138-39-37-136-35-30-88(118)119/h15-17,20-21,24-29,61,65,67-71,79,83-85,89-97,102,120-123H,14,18-19,22-23,30-60,62-64,66H2,1-13H3,(H,104,124)(H,118,119)(H,126,127)(H,128,129)/t69-,70-,71-,79?,83?,84+,85?,89-,90-,91-,92+,93?,94?,95?,96+,97?,102?/m1/s1. The van der Waals surface area contributed by atoms with Gasteiger partial charge in [-0.3, -0.25) is 62.8 Å². The van der Waals surface area contributed by atoms with Crippen molar-refractivity contribution in [2.75, 3.05) is 213 Å². The number of nitro benzene ring substituents is 1. The second kappa shape index (κ2) is 71.2. The zero-order valence-corrected chi connectivity index (χ0v) is 89.4. The van der Waals surface area contributed by atoms with Gasteiger partial charge in [-0.15, -0.1) is 16.9 Å². The lowest BCUT2D eigenvalue weighted by Gasteiger charge is -2.41. The fourth-order valence-corrected chi connectivity index (χ4v) is 17.6. The number of ether oxygens (including phenoxy) is 17. The summed E-state index contributed by atoms with van der Waals surface area (Å²) >= 11 is 1.05. The highest BCUT2D eigenvalue weighted by atomic mass is 32.2. The number of thioether (sulfide) groups is 1. The van der Waals surface area contributed by atoms with E-state index < -0.39 is 173 Å². The zero-order chi connectivity index (χ0) is 110. The second-order valence-corrected chi connectivity index (χ2v) is 38.5. The van der Waals surface area contributed by atoms with Gasteiger partial charge in [-0.2, -0.15) is 0 Å². The number of nitro groups is 1. The molecular formula is C103H159N9O37S. The third-order valence-corrected chi connectivity index (χ3v) is 26.5. The molecule has 0 bridgehead atoms. The van der Waals surface area contributed by atoms with Crippen molar-refractivity contribution in [3.63, 3.8) is 0 Å². The molecule has 0 spiro atoms. The number of aromatic nitrogens is 3. The fraction of sp³-hybridized carbons (Fsp3) is 0.699. The predicted molar refractivity (Wildman–Crippen MR) is 542 cm³/mol. The van der Waals surface area contributed by atoms with Gasteiger partial charge >= 0.3 is 29.7 Å². The molecule has 3 heterocycles. The molecule has 2 saturated heterocycles. The van der Waals surface area contributed by atoms with Crippen LogP contribution in [0.3, 0.4) is 0 Å². The maximum Gasteiger partial charge on any atom is 0.410 e. The van der Waals surface area contributed by atoms with Crippen molar-refractivity contribution < 1.29 is 174 Å². The molecule has 3 aromatic carbocycles. The number of carboxylic acids is 3. The number of nitrogens with zero attached hydrogens (tertiary/aromatic N) is 8. The summed E-state index contributed by atoms with van der Waals surface area (Å²) in [7, 11) is 5.79. The number of benzene rings is 3. The molecule has 2 fully saturated rings. The van der Waals surface area contributed by atoms with Crippen LogP contribution in [0.4, 0.5) is 10.5 Å². The Morgan fingerprint density at radius 2 is 1.13 bits per heavy atom. The first kappa shape index (κ1) is 129. The van der Waals surface area contributed by atoms with Crippen LogP contribution >= 0.6 is 11.8 Å². The van der Waals surface area contributed by atoms with Crippen LogP contribution in [0.25, 0.3) is 0 Å². The van der Waals surface area contributed by atoms with Crippen LogP contribution < -0.4 is 10.1 Å². The molecule has 5 amide bonds. The topological polar surface area (TPSA) is 585 Å². The van der Waals surface area contributed by atoms with Crippen molar-refractivity contribution in [3.05, 3.63) is 117 Å². The minimum Gasteiger partial charge on any atom is -0.481 e. The molecule has 844 valence electrons. The monoisotopic (exact) mass is 2150 g/mol. The fourth-order valence-electron chi connectivity index (χ4n) is 17.1. The summed E-state index contributed by atoms with van der Waals surface area (Å²) in [6, 6.07) is 15.0. The van der Waals surface area contributed by atoms with Gasteiger partial charge in [0.15, 0.2) is 17.6 Å². The number of likely N-dealkylation sites (N-methyl/N-ethyl adjacent to an activating group) is 2. The predicted octanol–water partition coefficient (Wildman–Crippen LogP) is 5.64. The maximum absolute atomic E-state index is 15.3. The summed E-state index contributed by atoms with van der Waals surface area (Å²) in [5.74, 6) is -9.98. The molecule has 1 aromatic heterocycles. The van der Waals surface area contributed by atoms with Gasteiger partial charge in [0, 0.05) is 98.3 Å². The first-order valence-corrected chi connectivity index (χ1v) is 52.3. The number of rotatable bonds is 82. The molecule has 2 aliphatic heterocycles. The van der Waals surface area contributed by atoms with E-state index in [1.54, 1.807) is 89.2 Å². The van der Waals surface area contributed by atoms with Gasteiger partial charge in [-0.1, -0.05) is 128 Å². The normalized spacial score (nSPS) is 18.0. The average molecular weight is 2150 g/mol. The molecule has 6 rings (SSSR count). The Bertz CT molecular complexity index is 4660. The van der Waals surface area contributed by atoms with E-state index in [9.17, 15) is 79.1 Å².